The summed E-state index contributed by atoms with van der Waals surface area (Å²) >= 11 is 1.71. The van der Waals surface area contributed by atoms with Crippen molar-refractivity contribution >= 4 is 27.3 Å². The molecule has 2 aliphatic heterocycles. The van der Waals surface area contributed by atoms with Crippen LogP contribution in [0.15, 0.2) is 46.7 Å². The van der Waals surface area contributed by atoms with E-state index in [0.29, 0.717) is 25.9 Å². The summed E-state index contributed by atoms with van der Waals surface area (Å²) in [6.45, 7) is 5.37. The molecule has 4 rings (SSSR count). The number of benzene rings is 1. The lowest BCUT2D eigenvalue weighted by molar-refractivity contribution is -0.126. The standard InChI is InChI=1S/C24H32FN3O3S2/c1-18-10-13-27(14-11-18)22(23-5-3-15-32-23)16-26-24(29)19-4-2-12-28(17-19)33(30,31)21-8-6-20(25)7-9-21/h3,5-9,15,18-19,22H,2,4,10-14,16-17H2,1H3,(H,26,29). The zero-order chi connectivity index (χ0) is 23.4. The van der Waals surface area contributed by atoms with Gasteiger partial charge in [-0.25, -0.2) is 12.8 Å². The maximum Gasteiger partial charge on any atom is 0.243 e. The molecule has 2 atom stereocenters. The van der Waals surface area contributed by atoms with Crippen molar-refractivity contribution < 1.29 is 17.6 Å². The first-order valence-corrected chi connectivity index (χ1v) is 14.0. The molecule has 1 aromatic carbocycles. The van der Waals surface area contributed by atoms with Gasteiger partial charge in [0.15, 0.2) is 0 Å². The molecule has 2 saturated heterocycles. The number of rotatable bonds is 7. The monoisotopic (exact) mass is 493 g/mol. The van der Waals surface area contributed by atoms with Crippen LogP contribution in [0.2, 0.25) is 0 Å². The average molecular weight is 494 g/mol. The zero-order valence-corrected chi connectivity index (χ0v) is 20.6. The highest BCUT2D eigenvalue weighted by molar-refractivity contribution is 7.89. The SMILES string of the molecule is CC1CCN(C(CNC(=O)C2CCCN(S(=O)(=O)c3ccc(F)cc3)C2)c2cccs2)CC1. The number of halogens is 1. The van der Waals surface area contributed by atoms with Crippen molar-refractivity contribution in [3.05, 3.63) is 52.5 Å². The minimum atomic E-state index is -3.75. The molecular formula is C24H32FN3O3S2. The van der Waals surface area contributed by atoms with Gasteiger partial charge in [-0.1, -0.05) is 13.0 Å². The molecule has 2 aromatic rings. The number of hydrogen-bond donors (Lipinski definition) is 1. The first kappa shape index (κ1) is 24.3. The van der Waals surface area contributed by atoms with E-state index in [9.17, 15) is 17.6 Å². The van der Waals surface area contributed by atoms with Gasteiger partial charge < -0.3 is 5.32 Å². The van der Waals surface area contributed by atoms with Crippen molar-refractivity contribution in [3.8, 4) is 0 Å². The molecule has 1 aromatic heterocycles. The molecule has 180 valence electrons. The van der Waals surface area contributed by atoms with Crippen molar-refractivity contribution in [1.29, 1.82) is 0 Å². The molecule has 0 bridgehead atoms. The number of carbonyl (C=O) groups is 1. The molecule has 6 nitrogen and oxygen atoms in total. The molecular weight excluding hydrogens is 461 g/mol. The van der Waals surface area contributed by atoms with E-state index in [1.54, 1.807) is 11.3 Å². The molecule has 0 radical (unpaired) electrons. The van der Waals surface area contributed by atoms with Gasteiger partial charge in [0.1, 0.15) is 5.82 Å². The largest absolute Gasteiger partial charge is 0.354 e. The van der Waals surface area contributed by atoms with E-state index in [0.717, 1.165) is 44.0 Å². The number of thiophene rings is 1. The number of sulfonamides is 1. The summed E-state index contributed by atoms with van der Waals surface area (Å²) in [4.78, 5) is 16.8. The van der Waals surface area contributed by atoms with Gasteiger partial charge >= 0.3 is 0 Å². The van der Waals surface area contributed by atoms with Gasteiger partial charge in [0.25, 0.3) is 0 Å². The Hall–Kier alpha value is -1.81. The Morgan fingerprint density at radius 1 is 1.15 bits per heavy atom. The Morgan fingerprint density at radius 2 is 1.88 bits per heavy atom. The smallest absolute Gasteiger partial charge is 0.243 e. The van der Waals surface area contributed by atoms with Crippen LogP contribution in [-0.2, 0) is 14.8 Å². The third-order valence-electron chi connectivity index (χ3n) is 6.81. The highest BCUT2D eigenvalue weighted by Crippen LogP contribution is 2.30. The number of nitrogens with zero attached hydrogens (tertiary/aromatic N) is 2. The zero-order valence-electron chi connectivity index (χ0n) is 19.0. The van der Waals surface area contributed by atoms with Gasteiger partial charge in [0.05, 0.1) is 16.9 Å². The Bertz CT molecular complexity index is 1020. The minimum absolute atomic E-state index is 0.0574. The van der Waals surface area contributed by atoms with Crippen molar-refractivity contribution in [2.75, 3.05) is 32.7 Å². The fraction of sp³-hybridized carbons (Fsp3) is 0.542. The molecule has 0 saturated carbocycles. The van der Waals surface area contributed by atoms with Crippen LogP contribution in [0.4, 0.5) is 4.39 Å². The van der Waals surface area contributed by atoms with Crippen molar-refractivity contribution in [3.63, 3.8) is 0 Å². The lowest BCUT2D eigenvalue weighted by Crippen LogP contribution is -2.47. The van der Waals surface area contributed by atoms with E-state index in [1.807, 2.05) is 6.07 Å². The number of carbonyl (C=O) groups excluding carboxylic acids is 1. The van der Waals surface area contributed by atoms with Crippen LogP contribution in [0.5, 0.6) is 0 Å². The van der Waals surface area contributed by atoms with Gasteiger partial charge in [-0.15, -0.1) is 11.3 Å². The van der Waals surface area contributed by atoms with E-state index in [-0.39, 0.29) is 29.3 Å². The van der Waals surface area contributed by atoms with Crippen LogP contribution >= 0.6 is 11.3 Å². The van der Waals surface area contributed by atoms with Gasteiger partial charge in [-0.2, -0.15) is 4.31 Å². The summed E-state index contributed by atoms with van der Waals surface area (Å²) < 4.78 is 40.6. The third-order valence-corrected chi connectivity index (χ3v) is 9.66. The summed E-state index contributed by atoms with van der Waals surface area (Å²) in [5.74, 6) is -0.232. The Kier molecular flexibility index (Phi) is 7.83. The summed E-state index contributed by atoms with van der Waals surface area (Å²) in [6.07, 6.45) is 3.60. The average Bonchev–Trinajstić information content (AvgIpc) is 3.35. The maximum absolute atomic E-state index is 13.2. The number of likely N-dealkylation sites (tertiary alicyclic amines) is 1. The summed E-state index contributed by atoms with van der Waals surface area (Å²) in [5, 5.41) is 5.19. The Morgan fingerprint density at radius 3 is 2.55 bits per heavy atom. The summed E-state index contributed by atoms with van der Waals surface area (Å²) in [7, 11) is -3.75. The highest BCUT2D eigenvalue weighted by atomic mass is 32.2. The van der Waals surface area contributed by atoms with Crippen LogP contribution < -0.4 is 5.32 Å². The van der Waals surface area contributed by atoms with Gasteiger partial charge in [-0.05, 0) is 80.4 Å². The number of nitrogens with one attached hydrogen (secondary N) is 1. The molecule has 33 heavy (non-hydrogen) atoms. The van der Waals surface area contributed by atoms with E-state index in [1.165, 1.54) is 21.3 Å². The van der Waals surface area contributed by atoms with E-state index in [2.05, 4.69) is 28.6 Å². The van der Waals surface area contributed by atoms with Crippen LogP contribution in [0.25, 0.3) is 0 Å². The quantitative estimate of drug-likeness (QED) is 0.636. The fourth-order valence-corrected chi connectivity index (χ4v) is 7.09. The first-order valence-electron chi connectivity index (χ1n) is 11.7. The van der Waals surface area contributed by atoms with Crippen LogP contribution in [0.3, 0.4) is 0 Å². The van der Waals surface area contributed by atoms with Crippen molar-refractivity contribution in [2.45, 2.75) is 43.5 Å². The molecule has 2 unspecified atom stereocenters. The van der Waals surface area contributed by atoms with E-state index in [4.69, 9.17) is 0 Å². The number of hydrogen-bond acceptors (Lipinski definition) is 5. The second kappa shape index (κ2) is 10.6. The molecule has 2 fully saturated rings. The molecule has 1 amide bonds. The van der Waals surface area contributed by atoms with Crippen LogP contribution in [0, 0.1) is 17.7 Å². The lowest BCUT2D eigenvalue weighted by Gasteiger charge is -2.37. The van der Waals surface area contributed by atoms with Crippen LogP contribution in [-0.4, -0.2) is 56.3 Å². The second-order valence-electron chi connectivity index (χ2n) is 9.15. The first-order chi connectivity index (χ1) is 15.8. The second-order valence-corrected chi connectivity index (χ2v) is 12.1. The molecule has 9 heteroatoms. The molecule has 3 heterocycles. The van der Waals surface area contributed by atoms with Crippen molar-refractivity contribution in [2.24, 2.45) is 11.8 Å². The minimum Gasteiger partial charge on any atom is -0.354 e. The maximum atomic E-state index is 13.2. The topological polar surface area (TPSA) is 69.7 Å². The lowest BCUT2D eigenvalue weighted by atomic mass is 9.97. The predicted molar refractivity (Wildman–Crippen MR) is 128 cm³/mol. The number of amides is 1. The third kappa shape index (κ3) is 5.82. The van der Waals surface area contributed by atoms with E-state index < -0.39 is 15.8 Å². The molecule has 2 aliphatic rings. The Labute approximate surface area is 199 Å². The van der Waals surface area contributed by atoms with Crippen LogP contribution in [0.1, 0.15) is 43.5 Å². The van der Waals surface area contributed by atoms with Crippen molar-refractivity contribution in [1.82, 2.24) is 14.5 Å². The molecule has 1 N–H and O–H groups in total. The van der Waals surface area contributed by atoms with Gasteiger partial charge in [0.2, 0.25) is 15.9 Å². The predicted octanol–water partition coefficient (Wildman–Crippen LogP) is 3.88. The normalized spacial score (nSPS) is 22.2. The summed E-state index contributed by atoms with van der Waals surface area (Å²) in [5.41, 5.74) is 0. The molecule has 0 aliphatic carbocycles. The highest BCUT2D eigenvalue weighted by Gasteiger charge is 2.34. The molecule has 0 spiro atoms. The van der Waals surface area contributed by atoms with E-state index >= 15 is 0 Å². The fourth-order valence-electron chi connectivity index (χ4n) is 4.70. The summed E-state index contributed by atoms with van der Waals surface area (Å²) in [6, 6.07) is 9.15. The Balaban J connectivity index is 1.39. The van der Waals surface area contributed by atoms with Gasteiger partial charge in [-0.3, -0.25) is 9.69 Å². The number of piperidine rings is 2. The van der Waals surface area contributed by atoms with Gasteiger partial charge in [0, 0.05) is 24.5 Å².